The van der Waals surface area contributed by atoms with Crippen molar-refractivity contribution in [1.82, 2.24) is 14.3 Å². The van der Waals surface area contributed by atoms with Crippen molar-refractivity contribution >= 4 is 10.2 Å². The molecule has 2 N–H and O–H groups in total. The van der Waals surface area contributed by atoms with E-state index in [1.54, 1.807) is 7.05 Å². The van der Waals surface area contributed by atoms with Gasteiger partial charge in [0.15, 0.2) is 0 Å². The summed E-state index contributed by atoms with van der Waals surface area (Å²) in [4.78, 5) is 0. The van der Waals surface area contributed by atoms with Gasteiger partial charge in [-0.25, -0.2) is 4.72 Å². The van der Waals surface area contributed by atoms with Crippen LogP contribution in [-0.4, -0.2) is 44.9 Å². The summed E-state index contributed by atoms with van der Waals surface area (Å²) in [5, 5.41) is 3.35. The number of nitrogens with one attached hydrogen (secondary N) is 2. The molecule has 0 heterocycles. The van der Waals surface area contributed by atoms with E-state index in [9.17, 15) is 8.42 Å². The first-order valence-electron chi connectivity index (χ1n) is 5.89. The Morgan fingerprint density at radius 3 is 2.44 bits per heavy atom. The van der Waals surface area contributed by atoms with Gasteiger partial charge in [0.25, 0.3) is 10.2 Å². The second kappa shape index (κ2) is 5.95. The summed E-state index contributed by atoms with van der Waals surface area (Å²) in [6.07, 6.45) is 3.37. The maximum atomic E-state index is 11.7. The van der Waals surface area contributed by atoms with Gasteiger partial charge in [0.1, 0.15) is 0 Å². The molecule has 0 spiro atoms. The summed E-state index contributed by atoms with van der Waals surface area (Å²) < 4.78 is 27.3. The number of hydrogen-bond acceptors (Lipinski definition) is 3. The van der Waals surface area contributed by atoms with Crippen LogP contribution < -0.4 is 10.0 Å². The molecule has 96 valence electrons. The number of nitrogens with zero attached hydrogens (tertiary/aromatic N) is 1. The molecule has 0 aromatic rings. The predicted molar refractivity (Wildman–Crippen MR) is 65.5 cm³/mol. The molecule has 0 bridgehead atoms. The van der Waals surface area contributed by atoms with Gasteiger partial charge >= 0.3 is 0 Å². The average molecular weight is 249 g/mol. The SMILES string of the molecule is CC(C)N(C)S(=O)(=O)NCCCNC1CC1. The van der Waals surface area contributed by atoms with Gasteiger partial charge in [0.2, 0.25) is 0 Å². The maximum Gasteiger partial charge on any atom is 0.279 e. The Kier molecular flexibility index (Phi) is 5.17. The zero-order valence-electron chi connectivity index (χ0n) is 10.4. The van der Waals surface area contributed by atoms with Gasteiger partial charge in [-0.3, -0.25) is 0 Å². The van der Waals surface area contributed by atoms with Crippen LogP contribution in [0.25, 0.3) is 0 Å². The summed E-state index contributed by atoms with van der Waals surface area (Å²) in [5.41, 5.74) is 0. The smallest absolute Gasteiger partial charge is 0.279 e. The van der Waals surface area contributed by atoms with E-state index in [0.717, 1.165) is 13.0 Å². The van der Waals surface area contributed by atoms with Crippen molar-refractivity contribution in [3.8, 4) is 0 Å². The van der Waals surface area contributed by atoms with Crippen molar-refractivity contribution in [2.75, 3.05) is 20.1 Å². The molecule has 0 aliphatic heterocycles. The minimum atomic E-state index is -3.29. The quantitative estimate of drug-likeness (QED) is 0.608. The standard InChI is InChI=1S/C10H23N3O2S/c1-9(2)13(3)16(14,15)12-8-4-7-11-10-5-6-10/h9-12H,4-8H2,1-3H3. The summed E-state index contributed by atoms with van der Waals surface area (Å²) in [5.74, 6) is 0. The Labute approximate surface area is 98.8 Å². The molecule has 6 heteroatoms. The molecule has 0 aromatic carbocycles. The summed E-state index contributed by atoms with van der Waals surface area (Å²) >= 11 is 0. The zero-order chi connectivity index (χ0) is 12.2. The highest BCUT2D eigenvalue weighted by Gasteiger charge is 2.21. The normalized spacial score (nSPS) is 17.3. The summed E-state index contributed by atoms with van der Waals surface area (Å²) in [7, 11) is -1.70. The summed E-state index contributed by atoms with van der Waals surface area (Å²) in [6, 6.07) is 0.678. The Hall–Kier alpha value is -0.170. The van der Waals surface area contributed by atoms with Gasteiger partial charge in [-0.2, -0.15) is 12.7 Å². The second-order valence-corrected chi connectivity index (χ2v) is 6.41. The second-order valence-electron chi connectivity index (χ2n) is 4.59. The predicted octanol–water partition coefficient (Wildman–Crippen LogP) is 0.303. The average Bonchev–Trinajstić information content (AvgIpc) is 2.99. The molecule has 0 radical (unpaired) electrons. The molecule has 0 aromatic heterocycles. The van der Waals surface area contributed by atoms with Gasteiger partial charge < -0.3 is 5.32 Å². The van der Waals surface area contributed by atoms with Gasteiger partial charge in [-0.05, 0) is 39.7 Å². The number of hydrogen-bond donors (Lipinski definition) is 2. The van der Waals surface area contributed by atoms with Crippen molar-refractivity contribution in [3.05, 3.63) is 0 Å². The molecular weight excluding hydrogens is 226 g/mol. The topological polar surface area (TPSA) is 61.4 Å². The monoisotopic (exact) mass is 249 g/mol. The van der Waals surface area contributed by atoms with Crippen molar-refractivity contribution < 1.29 is 8.42 Å². The van der Waals surface area contributed by atoms with E-state index < -0.39 is 10.2 Å². The summed E-state index contributed by atoms with van der Waals surface area (Å²) in [6.45, 7) is 5.10. The Bertz CT molecular complexity index is 299. The van der Waals surface area contributed by atoms with E-state index in [1.807, 2.05) is 13.8 Å². The lowest BCUT2D eigenvalue weighted by atomic mass is 10.4. The van der Waals surface area contributed by atoms with Crippen LogP contribution in [-0.2, 0) is 10.2 Å². The molecule has 0 unspecified atom stereocenters. The highest BCUT2D eigenvalue weighted by atomic mass is 32.2. The molecule has 5 nitrogen and oxygen atoms in total. The Morgan fingerprint density at radius 1 is 1.31 bits per heavy atom. The molecule has 1 fully saturated rings. The fraction of sp³-hybridized carbons (Fsp3) is 1.00. The van der Waals surface area contributed by atoms with Crippen LogP contribution in [0.4, 0.5) is 0 Å². The van der Waals surface area contributed by atoms with Crippen LogP contribution in [0, 0.1) is 0 Å². The van der Waals surface area contributed by atoms with Gasteiger partial charge in [-0.15, -0.1) is 0 Å². The van der Waals surface area contributed by atoms with Gasteiger partial charge in [0, 0.05) is 25.7 Å². The van der Waals surface area contributed by atoms with E-state index in [4.69, 9.17) is 0 Å². The van der Waals surface area contributed by atoms with Gasteiger partial charge in [-0.1, -0.05) is 0 Å². The van der Waals surface area contributed by atoms with Crippen molar-refractivity contribution in [3.63, 3.8) is 0 Å². The van der Waals surface area contributed by atoms with Crippen molar-refractivity contribution in [1.29, 1.82) is 0 Å². The van der Waals surface area contributed by atoms with Gasteiger partial charge in [0.05, 0.1) is 0 Å². The molecule has 1 rings (SSSR count). The first-order chi connectivity index (χ1) is 7.43. The highest BCUT2D eigenvalue weighted by molar-refractivity contribution is 7.87. The minimum absolute atomic E-state index is 0.0120. The lowest BCUT2D eigenvalue weighted by Crippen LogP contribution is -2.42. The van der Waals surface area contributed by atoms with Crippen LogP contribution >= 0.6 is 0 Å². The first-order valence-corrected chi connectivity index (χ1v) is 7.33. The zero-order valence-corrected chi connectivity index (χ0v) is 11.2. The van der Waals surface area contributed by atoms with Crippen LogP contribution in [0.15, 0.2) is 0 Å². The lowest BCUT2D eigenvalue weighted by molar-refractivity contribution is 0.402. The van der Waals surface area contributed by atoms with Crippen molar-refractivity contribution in [2.45, 2.75) is 45.2 Å². The van der Waals surface area contributed by atoms with Crippen LogP contribution in [0.2, 0.25) is 0 Å². The van der Waals surface area contributed by atoms with E-state index in [2.05, 4.69) is 10.0 Å². The molecule has 1 aliphatic carbocycles. The molecule has 0 amide bonds. The molecule has 0 saturated heterocycles. The molecule has 0 atom stereocenters. The van der Waals surface area contributed by atoms with Crippen LogP contribution in [0.5, 0.6) is 0 Å². The fourth-order valence-electron chi connectivity index (χ4n) is 1.26. The first kappa shape index (κ1) is 13.9. The van der Waals surface area contributed by atoms with E-state index in [-0.39, 0.29) is 6.04 Å². The Morgan fingerprint density at radius 2 is 1.94 bits per heavy atom. The molecular formula is C10H23N3O2S. The van der Waals surface area contributed by atoms with Crippen molar-refractivity contribution in [2.24, 2.45) is 0 Å². The molecule has 1 saturated carbocycles. The third-order valence-corrected chi connectivity index (χ3v) is 4.50. The van der Waals surface area contributed by atoms with Crippen LogP contribution in [0.3, 0.4) is 0 Å². The highest BCUT2D eigenvalue weighted by Crippen LogP contribution is 2.18. The van der Waals surface area contributed by atoms with E-state index in [1.165, 1.54) is 17.1 Å². The lowest BCUT2D eigenvalue weighted by Gasteiger charge is -2.21. The third-order valence-electron chi connectivity index (χ3n) is 2.75. The molecule has 1 aliphatic rings. The maximum absolute atomic E-state index is 11.7. The minimum Gasteiger partial charge on any atom is -0.314 e. The molecule has 16 heavy (non-hydrogen) atoms. The van der Waals surface area contributed by atoms with E-state index >= 15 is 0 Å². The van der Waals surface area contributed by atoms with E-state index in [0.29, 0.717) is 12.6 Å². The largest absolute Gasteiger partial charge is 0.314 e. The number of rotatable bonds is 8. The fourth-order valence-corrected chi connectivity index (χ4v) is 2.42. The Balaban J connectivity index is 2.14. The van der Waals surface area contributed by atoms with Crippen LogP contribution in [0.1, 0.15) is 33.1 Å². The third kappa shape index (κ3) is 4.78.